The molecule has 0 heterocycles. The van der Waals surface area contributed by atoms with Crippen LogP contribution in [0.15, 0.2) is 12.7 Å². The first kappa shape index (κ1) is 17.6. The highest BCUT2D eigenvalue weighted by molar-refractivity contribution is 7.52. The van der Waals surface area contributed by atoms with E-state index in [0.29, 0.717) is 13.0 Å². The van der Waals surface area contributed by atoms with E-state index in [-0.39, 0.29) is 12.4 Å². The summed E-state index contributed by atoms with van der Waals surface area (Å²) in [5.74, 6) is -2.85. The molecule has 2 atom stereocenters. The van der Waals surface area contributed by atoms with Crippen molar-refractivity contribution in [3.8, 4) is 0 Å². The fourth-order valence-electron chi connectivity index (χ4n) is 1.32. The molecule has 0 rings (SSSR count). The molecule has 0 aromatic carbocycles. The van der Waals surface area contributed by atoms with E-state index in [2.05, 4.69) is 17.2 Å². The van der Waals surface area contributed by atoms with E-state index in [1.165, 1.54) is 0 Å². The summed E-state index contributed by atoms with van der Waals surface area (Å²) < 4.78 is 11.1. The predicted molar refractivity (Wildman–Crippen MR) is 69.7 cm³/mol. The lowest BCUT2D eigenvalue weighted by Gasteiger charge is -2.21. The highest BCUT2D eigenvalue weighted by Gasteiger charge is 2.30. The van der Waals surface area contributed by atoms with E-state index in [0.717, 1.165) is 6.08 Å². The van der Waals surface area contributed by atoms with Gasteiger partial charge in [0.2, 0.25) is 0 Å². The molecule has 0 spiro atoms. The third kappa shape index (κ3) is 7.58. The summed E-state index contributed by atoms with van der Waals surface area (Å²) in [4.78, 5) is 28.9. The second-order valence-electron chi connectivity index (χ2n) is 3.81. The number of rotatable bonds is 9. The quantitative estimate of drug-likeness (QED) is 0.0931. The third-order valence-electron chi connectivity index (χ3n) is 2.24. The minimum Gasteiger partial charge on any atom is -0.480 e. The Labute approximate surface area is 110 Å². The van der Waals surface area contributed by atoms with Crippen LogP contribution in [-0.2, 0) is 9.36 Å². The zero-order chi connectivity index (χ0) is 15.1. The Morgan fingerprint density at radius 2 is 2.11 bits per heavy atom. The maximum absolute atomic E-state index is 11.1. The van der Waals surface area contributed by atoms with Gasteiger partial charge in [0.15, 0.2) is 5.96 Å². The van der Waals surface area contributed by atoms with Crippen molar-refractivity contribution in [2.24, 2.45) is 5.73 Å². The lowest BCUT2D eigenvalue weighted by atomic mass is 10.1. The molecule has 0 radical (unpaired) electrons. The second-order valence-corrected chi connectivity index (χ2v) is 5.54. The molecule has 0 amide bonds. The van der Waals surface area contributed by atoms with Gasteiger partial charge in [0.05, 0.1) is 0 Å². The molecule has 9 nitrogen and oxygen atoms in total. The molecule has 0 aliphatic rings. The Kier molecular flexibility index (Phi) is 7.32. The van der Waals surface area contributed by atoms with Crippen LogP contribution in [0, 0.1) is 5.41 Å². The summed E-state index contributed by atoms with van der Waals surface area (Å²) >= 11 is 0. The van der Waals surface area contributed by atoms with Crippen LogP contribution in [0.4, 0.5) is 0 Å². The Hall–Kier alpha value is -1.41. The van der Waals surface area contributed by atoms with E-state index in [4.69, 9.17) is 26.0 Å². The third-order valence-corrected chi connectivity index (χ3v) is 3.33. The first-order valence-electron chi connectivity index (χ1n) is 5.43. The summed E-state index contributed by atoms with van der Waals surface area (Å²) in [7, 11) is -4.49. The molecule has 0 fully saturated rings. The zero-order valence-corrected chi connectivity index (χ0v) is 11.1. The number of guanidine groups is 1. The van der Waals surface area contributed by atoms with Gasteiger partial charge < -0.3 is 25.9 Å². The van der Waals surface area contributed by atoms with Crippen molar-refractivity contribution in [3.63, 3.8) is 0 Å². The van der Waals surface area contributed by atoms with E-state index in [1.54, 1.807) is 0 Å². The fourth-order valence-corrected chi connectivity index (χ4v) is 1.96. The predicted octanol–water partition coefficient (Wildman–Crippen LogP) is -1.02. The maximum Gasteiger partial charge on any atom is 0.346 e. The van der Waals surface area contributed by atoms with Gasteiger partial charge in [-0.1, -0.05) is 6.08 Å². The SMILES string of the molecule is C=CC(N[C@@H](CCCNC(=N)N)C(=O)O)P(=O)(O)O. The van der Waals surface area contributed by atoms with Crippen molar-refractivity contribution in [2.75, 3.05) is 6.54 Å². The van der Waals surface area contributed by atoms with Crippen molar-refractivity contribution < 1.29 is 24.3 Å². The summed E-state index contributed by atoms with van der Waals surface area (Å²) in [5, 5.41) is 20.7. The second kappa shape index (κ2) is 7.90. The number of nitrogens with one attached hydrogen (secondary N) is 3. The minimum absolute atomic E-state index is 0.125. The van der Waals surface area contributed by atoms with Gasteiger partial charge in [-0.3, -0.25) is 20.1 Å². The fraction of sp³-hybridized carbons (Fsp3) is 0.556. The van der Waals surface area contributed by atoms with Crippen molar-refractivity contribution >= 4 is 19.5 Å². The van der Waals surface area contributed by atoms with E-state index in [9.17, 15) is 9.36 Å². The molecule has 0 bridgehead atoms. The lowest BCUT2D eigenvalue weighted by molar-refractivity contribution is -0.139. The van der Waals surface area contributed by atoms with Crippen LogP contribution in [0.2, 0.25) is 0 Å². The van der Waals surface area contributed by atoms with Gasteiger partial charge in [0, 0.05) is 6.54 Å². The smallest absolute Gasteiger partial charge is 0.346 e. The molecule has 8 N–H and O–H groups in total. The van der Waals surface area contributed by atoms with Crippen LogP contribution in [-0.4, -0.2) is 45.2 Å². The van der Waals surface area contributed by atoms with Crippen LogP contribution < -0.4 is 16.4 Å². The van der Waals surface area contributed by atoms with Crippen molar-refractivity contribution in [3.05, 3.63) is 12.7 Å². The Morgan fingerprint density at radius 3 is 2.47 bits per heavy atom. The number of hydrogen-bond donors (Lipinski definition) is 7. The molecule has 19 heavy (non-hydrogen) atoms. The summed E-state index contributed by atoms with van der Waals surface area (Å²) in [6, 6.07) is -1.12. The van der Waals surface area contributed by atoms with Gasteiger partial charge >= 0.3 is 13.6 Å². The first-order chi connectivity index (χ1) is 8.68. The molecule has 110 valence electrons. The minimum atomic E-state index is -4.49. The Morgan fingerprint density at radius 1 is 1.53 bits per heavy atom. The monoisotopic (exact) mass is 294 g/mol. The van der Waals surface area contributed by atoms with Gasteiger partial charge in [-0.25, -0.2) is 0 Å². The number of hydrogen-bond acceptors (Lipinski definition) is 4. The average molecular weight is 294 g/mol. The average Bonchev–Trinajstić information content (AvgIpc) is 2.25. The molecule has 0 saturated carbocycles. The summed E-state index contributed by atoms with van der Waals surface area (Å²) in [6.07, 6.45) is 1.47. The first-order valence-corrected chi connectivity index (χ1v) is 7.11. The number of carboxylic acids is 1. The van der Waals surface area contributed by atoms with Crippen molar-refractivity contribution in [1.29, 1.82) is 5.41 Å². The van der Waals surface area contributed by atoms with Gasteiger partial charge in [0.1, 0.15) is 11.8 Å². The summed E-state index contributed by atoms with van der Waals surface area (Å²) in [5.41, 5.74) is 5.05. The van der Waals surface area contributed by atoms with Crippen molar-refractivity contribution in [1.82, 2.24) is 10.6 Å². The number of aliphatic carboxylic acids is 1. The highest BCUT2D eigenvalue weighted by atomic mass is 31.2. The molecule has 0 saturated heterocycles. The number of carboxylic acid groups (broad SMARTS) is 1. The van der Waals surface area contributed by atoms with Crippen LogP contribution in [0.5, 0.6) is 0 Å². The molecule has 0 aliphatic carbocycles. The molecule has 10 heteroatoms. The maximum atomic E-state index is 11.1. The Bertz CT molecular complexity index is 383. The number of carbonyl (C=O) groups is 1. The van der Waals surface area contributed by atoms with E-state index in [1.807, 2.05) is 0 Å². The normalized spacial score (nSPS) is 14.4. The molecule has 0 aromatic heterocycles. The molecule has 1 unspecified atom stereocenters. The Balaban J connectivity index is 4.41. The zero-order valence-electron chi connectivity index (χ0n) is 10.2. The molecule has 0 aromatic rings. The largest absolute Gasteiger partial charge is 0.480 e. The molecule has 0 aliphatic heterocycles. The summed E-state index contributed by atoms with van der Waals surface area (Å²) in [6.45, 7) is 3.56. The lowest BCUT2D eigenvalue weighted by Crippen LogP contribution is -2.43. The standard InChI is InChI=1S/C9H19N4O5P/c1-2-7(19(16,17)18)13-6(8(14)15)4-3-5-12-9(10)11/h2,6-7,13H,1,3-5H2,(H,14,15)(H4,10,11,12)(H2,16,17,18)/t6-,7?/m0/s1. The van der Waals surface area contributed by atoms with Gasteiger partial charge in [-0.05, 0) is 12.8 Å². The van der Waals surface area contributed by atoms with Crippen LogP contribution in [0.1, 0.15) is 12.8 Å². The van der Waals surface area contributed by atoms with Gasteiger partial charge in [-0.2, -0.15) is 0 Å². The topological polar surface area (TPSA) is 169 Å². The van der Waals surface area contributed by atoms with Crippen molar-refractivity contribution in [2.45, 2.75) is 24.7 Å². The van der Waals surface area contributed by atoms with E-state index < -0.39 is 25.4 Å². The molecular formula is C9H19N4O5P. The van der Waals surface area contributed by atoms with Crippen LogP contribution in [0.3, 0.4) is 0 Å². The van der Waals surface area contributed by atoms with Gasteiger partial charge in [-0.15, -0.1) is 6.58 Å². The van der Waals surface area contributed by atoms with E-state index >= 15 is 0 Å². The van der Waals surface area contributed by atoms with Crippen LogP contribution >= 0.6 is 7.60 Å². The molecular weight excluding hydrogens is 275 g/mol. The van der Waals surface area contributed by atoms with Gasteiger partial charge in [0.25, 0.3) is 0 Å². The van der Waals surface area contributed by atoms with Crippen LogP contribution in [0.25, 0.3) is 0 Å². The number of nitrogens with two attached hydrogens (primary N) is 1. The highest BCUT2D eigenvalue weighted by Crippen LogP contribution is 2.40.